The van der Waals surface area contributed by atoms with Crippen molar-refractivity contribution in [1.29, 1.82) is 0 Å². The third kappa shape index (κ3) is 4.49. The number of benzene rings is 1. The van der Waals surface area contributed by atoms with Gasteiger partial charge in [-0.25, -0.2) is 0 Å². The van der Waals surface area contributed by atoms with Crippen LogP contribution in [0.4, 0.5) is 0 Å². The van der Waals surface area contributed by atoms with Gasteiger partial charge in [-0.2, -0.15) is 0 Å². The summed E-state index contributed by atoms with van der Waals surface area (Å²) >= 11 is 0. The van der Waals surface area contributed by atoms with Crippen molar-refractivity contribution < 1.29 is 4.74 Å². The molecule has 0 saturated heterocycles. The molecule has 0 aliphatic carbocycles. The van der Waals surface area contributed by atoms with E-state index in [0.717, 1.165) is 18.7 Å². The Morgan fingerprint density at radius 3 is 2.81 bits per heavy atom. The summed E-state index contributed by atoms with van der Waals surface area (Å²) < 4.78 is 5.70. The predicted octanol–water partition coefficient (Wildman–Crippen LogP) is 3.14. The quantitative estimate of drug-likeness (QED) is 0.562. The van der Waals surface area contributed by atoms with E-state index in [1.54, 1.807) is 0 Å². The van der Waals surface area contributed by atoms with Crippen molar-refractivity contribution in [1.82, 2.24) is 5.32 Å². The molecular weight excluding hydrogens is 198 g/mol. The molecule has 0 fully saturated rings. The summed E-state index contributed by atoms with van der Waals surface area (Å²) in [7, 11) is 0. The molecule has 0 amide bonds. The van der Waals surface area contributed by atoms with Crippen LogP contribution >= 0.6 is 0 Å². The number of hydrogen-bond donors (Lipinski definition) is 1. The molecule has 1 rings (SSSR count). The zero-order valence-electron chi connectivity index (χ0n) is 10.2. The Morgan fingerprint density at radius 2 is 2.12 bits per heavy atom. The Kier molecular flexibility index (Phi) is 5.65. The zero-order chi connectivity index (χ0) is 11.8. The molecule has 0 atom stereocenters. The Balaban J connectivity index is 2.56. The van der Waals surface area contributed by atoms with E-state index < -0.39 is 0 Å². The van der Waals surface area contributed by atoms with Gasteiger partial charge < -0.3 is 10.1 Å². The minimum absolute atomic E-state index is 0.487. The maximum atomic E-state index is 5.70. The number of hydrogen-bond acceptors (Lipinski definition) is 2. The van der Waals surface area contributed by atoms with E-state index in [4.69, 9.17) is 4.74 Å². The number of para-hydroxylation sites is 1. The molecule has 2 heteroatoms. The number of nitrogens with one attached hydrogen (secondary N) is 1. The molecule has 0 unspecified atom stereocenters. The van der Waals surface area contributed by atoms with Crippen LogP contribution in [0.15, 0.2) is 36.9 Å². The van der Waals surface area contributed by atoms with Crippen LogP contribution in [0.1, 0.15) is 25.8 Å². The van der Waals surface area contributed by atoms with Crippen molar-refractivity contribution in [2.24, 2.45) is 0 Å². The van der Waals surface area contributed by atoms with Gasteiger partial charge in [-0.1, -0.05) is 38.1 Å². The smallest absolute Gasteiger partial charge is 0.123 e. The summed E-state index contributed by atoms with van der Waals surface area (Å²) in [4.78, 5) is 0. The molecule has 1 N–H and O–H groups in total. The van der Waals surface area contributed by atoms with Gasteiger partial charge in [0.15, 0.2) is 0 Å². The Labute approximate surface area is 98.3 Å². The molecule has 1 aromatic rings. The van der Waals surface area contributed by atoms with Crippen LogP contribution in [-0.4, -0.2) is 12.6 Å². The fraction of sp³-hybridized carbons (Fsp3) is 0.429. The summed E-state index contributed by atoms with van der Waals surface area (Å²) in [6, 6.07) is 8.64. The lowest BCUT2D eigenvalue weighted by Gasteiger charge is -2.13. The van der Waals surface area contributed by atoms with Gasteiger partial charge >= 0.3 is 0 Å². The van der Waals surface area contributed by atoms with Crippen molar-refractivity contribution in [2.75, 3.05) is 6.61 Å². The molecule has 0 spiro atoms. The normalized spacial score (nSPS) is 10.4. The zero-order valence-corrected chi connectivity index (χ0v) is 10.2. The monoisotopic (exact) mass is 219 g/mol. The highest BCUT2D eigenvalue weighted by molar-refractivity contribution is 5.33. The van der Waals surface area contributed by atoms with Gasteiger partial charge in [-0.05, 0) is 12.5 Å². The van der Waals surface area contributed by atoms with E-state index >= 15 is 0 Å². The van der Waals surface area contributed by atoms with Gasteiger partial charge in [0.05, 0.1) is 6.61 Å². The van der Waals surface area contributed by atoms with Crippen LogP contribution in [0.3, 0.4) is 0 Å². The van der Waals surface area contributed by atoms with Crippen LogP contribution in [0, 0.1) is 0 Å². The Hall–Kier alpha value is -1.28. The molecule has 0 bridgehead atoms. The summed E-state index contributed by atoms with van der Waals surface area (Å²) in [5.74, 6) is 0.970. The van der Waals surface area contributed by atoms with Crippen molar-refractivity contribution in [3.63, 3.8) is 0 Å². The first-order valence-corrected chi connectivity index (χ1v) is 5.79. The topological polar surface area (TPSA) is 21.3 Å². The van der Waals surface area contributed by atoms with Gasteiger partial charge in [0.2, 0.25) is 0 Å². The maximum Gasteiger partial charge on any atom is 0.123 e. The molecule has 0 radical (unpaired) electrons. The van der Waals surface area contributed by atoms with Gasteiger partial charge in [-0.3, -0.25) is 0 Å². The second-order valence-electron chi connectivity index (χ2n) is 4.07. The molecule has 0 saturated carbocycles. The fourth-order valence-corrected chi connectivity index (χ4v) is 1.36. The molecule has 16 heavy (non-hydrogen) atoms. The molecule has 0 aromatic heterocycles. The largest absolute Gasteiger partial charge is 0.493 e. The summed E-state index contributed by atoms with van der Waals surface area (Å²) in [6.45, 7) is 9.51. The van der Waals surface area contributed by atoms with Crippen molar-refractivity contribution in [3.05, 3.63) is 42.5 Å². The van der Waals surface area contributed by atoms with E-state index in [1.807, 2.05) is 24.3 Å². The van der Waals surface area contributed by atoms with E-state index in [2.05, 4.69) is 31.8 Å². The first kappa shape index (κ1) is 12.8. The van der Waals surface area contributed by atoms with Crippen LogP contribution in [0.5, 0.6) is 5.75 Å². The highest BCUT2D eigenvalue weighted by atomic mass is 16.5. The van der Waals surface area contributed by atoms with E-state index in [0.29, 0.717) is 12.6 Å². The molecule has 0 aliphatic rings. The predicted molar refractivity (Wildman–Crippen MR) is 68.7 cm³/mol. The lowest BCUT2D eigenvalue weighted by molar-refractivity contribution is 0.320. The summed E-state index contributed by atoms with van der Waals surface area (Å²) in [5.41, 5.74) is 1.21. The number of ether oxygens (including phenoxy) is 1. The van der Waals surface area contributed by atoms with Crippen LogP contribution in [0.25, 0.3) is 0 Å². The third-order valence-corrected chi connectivity index (χ3v) is 2.25. The SMILES string of the molecule is C=CCCOc1ccccc1CNC(C)C. The lowest BCUT2D eigenvalue weighted by atomic mass is 10.2. The number of rotatable bonds is 7. The average Bonchev–Trinajstić information content (AvgIpc) is 2.28. The Bertz CT molecular complexity index is 320. The van der Waals surface area contributed by atoms with Crippen molar-refractivity contribution in [2.45, 2.75) is 32.9 Å². The molecule has 2 nitrogen and oxygen atoms in total. The maximum absolute atomic E-state index is 5.70. The second kappa shape index (κ2) is 7.07. The van der Waals surface area contributed by atoms with Crippen molar-refractivity contribution >= 4 is 0 Å². The average molecular weight is 219 g/mol. The summed E-state index contributed by atoms with van der Waals surface area (Å²) in [5, 5.41) is 3.39. The highest BCUT2D eigenvalue weighted by Crippen LogP contribution is 2.18. The minimum Gasteiger partial charge on any atom is -0.493 e. The highest BCUT2D eigenvalue weighted by Gasteiger charge is 2.02. The van der Waals surface area contributed by atoms with Crippen molar-refractivity contribution in [3.8, 4) is 5.75 Å². The third-order valence-electron chi connectivity index (χ3n) is 2.25. The van der Waals surface area contributed by atoms with Gasteiger partial charge in [0.1, 0.15) is 5.75 Å². The van der Waals surface area contributed by atoms with Crippen LogP contribution in [-0.2, 0) is 6.54 Å². The molecule has 88 valence electrons. The first-order chi connectivity index (χ1) is 7.74. The Morgan fingerprint density at radius 1 is 1.38 bits per heavy atom. The molecule has 0 aliphatic heterocycles. The minimum atomic E-state index is 0.487. The molecule has 1 aromatic carbocycles. The van der Waals surface area contributed by atoms with Crippen LogP contribution in [0.2, 0.25) is 0 Å². The molecular formula is C14H21NO. The molecule has 0 heterocycles. The first-order valence-electron chi connectivity index (χ1n) is 5.79. The van der Waals surface area contributed by atoms with Gasteiger partial charge in [-0.15, -0.1) is 6.58 Å². The van der Waals surface area contributed by atoms with E-state index in [9.17, 15) is 0 Å². The van der Waals surface area contributed by atoms with Crippen LogP contribution < -0.4 is 10.1 Å². The van der Waals surface area contributed by atoms with E-state index in [1.165, 1.54) is 5.56 Å². The second-order valence-corrected chi connectivity index (χ2v) is 4.07. The van der Waals surface area contributed by atoms with E-state index in [-0.39, 0.29) is 0 Å². The fourth-order valence-electron chi connectivity index (χ4n) is 1.36. The van der Waals surface area contributed by atoms with Gasteiger partial charge in [0, 0.05) is 18.2 Å². The standard InChI is InChI=1S/C14H21NO/c1-4-5-10-16-14-9-7-6-8-13(14)11-15-12(2)3/h4,6-9,12,15H,1,5,10-11H2,2-3H3. The lowest BCUT2D eigenvalue weighted by Crippen LogP contribution is -2.22. The summed E-state index contributed by atoms with van der Waals surface area (Å²) in [6.07, 6.45) is 2.75. The van der Waals surface area contributed by atoms with Gasteiger partial charge in [0.25, 0.3) is 0 Å².